The van der Waals surface area contributed by atoms with E-state index < -0.39 is 86.3 Å². The number of methoxy groups -OCH3 is 2. The van der Waals surface area contributed by atoms with Crippen molar-refractivity contribution in [1.29, 1.82) is 0 Å². The van der Waals surface area contributed by atoms with Crippen LogP contribution in [0.5, 0.6) is 11.5 Å². The van der Waals surface area contributed by atoms with E-state index in [1.807, 2.05) is 6.07 Å². The highest BCUT2D eigenvalue weighted by atomic mass is 19.1. The number of carbonyl (C=O) groups is 6. The number of hydrogen-bond donors (Lipinski definition) is 0. The fourth-order valence-corrected chi connectivity index (χ4v) is 6.51. The maximum absolute atomic E-state index is 16.0. The summed E-state index contributed by atoms with van der Waals surface area (Å²) >= 11 is 0. The molecular formula is C45H57FO13. The Morgan fingerprint density at radius 1 is 0.695 bits per heavy atom. The van der Waals surface area contributed by atoms with Gasteiger partial charge >= 0.3 is 35.8 Å². The second-order valence-corrected chi connectivity index (χ2v) is 15.1. The molecule has 2 aromatic rings. The van der Waals surface area contributed by atoms with Gasteiger partial charge in [-0.25, -0.2) is 14.0 Å². The Labute approximate surface area is 345 Å². The second-order valence-electron chi connectivity index (χ2n) is 15.1. The van der Waals surface area contributed by atoms with Gasteiger partial charge in [-0.15, -0.1) is 0 Å². The molecule has 322 valence electrons. The van der Waals surface area contributed by atoms with E-state index in [0.717, 1.165) is 45.5 Å². The zero-order chi connectivity index (χ0) is 43.5. The first-order valence-electron chi connectivity index (χ1n) is 19.8. The van der Waals surface area contributed by atoms with Crippen LogP contribution in [-0.2, 0) is 52.5 Å². The molecule has 0 aliphatic heterocycles. The van der Waals surface area contributed by atoms with Crippen LogP contribution < -0.4 is 9.47 Å². The van der Waals surface area contributed by atoms with Crippen LogP contribution in [0.2, 0.25) is 0 Å². The number of rotatable bonds is 23. The highest BCUT2D eigenvalue weighted by Crippen LogP contribution is 2.41. The van der Waals surface area contributed by atoms with Gasteiger partial charge in [-0.2, -0.15) is 0 Å². The van der Waals surface area contributed by atoms with Crippen LogP contribution in [0.25, 0.3) is 11.1 Å². The van der Waals surface area contributed by atoms with Gasteiger partial charge in [-0.1, -0.05) is 64.3 Å². The quantitative estimate of drug-likeness (QED) is 0.0265. The Balaban J connectivity index is 1.93. The number of unbranched alkanes of at least 4 members (excludes halogenated alkanes) is 3. The molecule has 0 N–H and O–H groups in total. The molecule has 2 aromatic carbocycles. The van der Waals surface area contributed by atoms with E-state index in [-0.39, 0.29) is 39.7 Å². The zero-order valence-electron chi connectivity index (χ0n) is 34.8. The molecule has 1 aliphatic carbocycles. The van der Waals surface area contributed by atoms with E-state index >= 15 is 4.39 Å². The van der Waals surface area contributed by atoms with Gasteiger partial charge in [0.15, 0.2) is 0 Å². The molecule has 0 saturated heterocycles. The van der Waals surface area contributed by atoms with Crippen molar-refractivity contribution in [3.05, 3.63) is 72.1 Å². The lowest BCUT2D eigenvalue weighted by molar-refractivity contribution is -0.165. The largest absolute Gasteiger partial charge is 0.492 e. The first-order valence-corrected chi connectivity index (χ1v) is 19.8. The zero-order valence-corrected chi connectivity index (χ0v) is 34.8. The Kier molecular flexibility index (Phi) is 19.3. The monoisotopic (exact) mass is 824 g/mol. The van der Waals surface area contributed by atoms with Crippen molar-refractivity contribution >= 4 is 35.8 Å². The molecular weight excluding hydrogens is 767 g/mol. The number of esters is 6. The lowest BCUT2D eigenvalue weighted by atomic mass is 9.77. The molecule has 0 radical (unpaired) electrons. The summed E-state index contributed by atoms with van der Waals surface area (Å²) in [6.07, 6.45) is 8.95. The lowest BCUT2D eigenvalue weighted by Gasteiger charge is -2.32. The molecule has 0 atom stereocenters. The van der Waals surface area contributed by atoms with Gasteiger partial charge in [0.05, 0.1) is 14.2 Å². The molecule has 14 heteroatoms. The summed E-state index contributed by atoms with van der Waals surface area (Å²) in [6.45, 7) is 9.99. The van der Waals surface area contributed by atoms with Gasteiger partial charge in [0, 0.05) is 28.3 Å². The molecule has 1 aliphatic rings. The molecule has 59 heavy (non-hydrogen) atoms. The van der Waals surface area contributed by atoms with Crippen LogP contribution >= 0.6 is 0 Å². The minimum absolute atomic E-state index is 0.0329. The molecule has 3 rings (SSSR count). The summed E-state index contributed by atoms with van der Waals surface area (Å²) in [4.78, 5) is 73.9. The van der Waals surface area contributed by atoms with Gasteiger partial charge in [0.25, 0.3) is 0 Å². The van der Waals surface area contributed by atoms with Crippen LogP contribution in [-0.4, -0.2) is 76.5 Å². The third-order valence-electron chi connectivity index (χ3n) is 10.1. The summed E-state index contributed by atoms with van der Waals surface area (Å²) in [6, 6.07) is 9.46. The molecule has 0 aromatic heterocycles. The maximum Gasteiger partial charge on any atom is 0.338 e. The topological polar surface area (TPSA) is 167 Å². The molecule has 0 bridgehead atoms. The van der Waals surface area contributed by atoms with E-state index in [4.69, 9.17) is 23.7 Å². The molecule has 0 unspecified atom stereocenters. The summed E-state index contributed by atoms with van der Waals surface area (Å²) in [5.41, 5.74) is -0.177. The average Bonchev–Trinajstić information content (AvgIpc) is 3.21. The standard InChI is InChI=1S/C45H57FO13/c1-8-9-10-11-12-31-13-15-32(16-14-31)33-17-19-35(37(46)21-33)36-20-18-34(22-38(36)59-44(52)30(4)5)55-25-45(28-58-43(51)29(2)3,26-56-41(49)23-39(47)53-6)27-57-42(50)24-40(48)54-7/h17-22,31-32H,2,4,8-16,23-28H2,1,3,5-7H3. The van der Waals surface area contributed by atoms with Crippen molar-refractivity contribution in [2.75, 3.05) is 40.6 Å². The summed E-state index contributed by atoms with van der Waals surface area (Å²) in [5.74, 6) is -4.91. The van der Waals surface area contributed by atoms with Crippen LogP contribution in [0.15, 0.2) is 60.7 Å². The highest BCUT2D eigenvalue weighted by molar-refractivity contribution is 5.92. The Bertz CT molecular complexity index is 1790. The van der Waals surface area contributed by atoms with Crippen molar-refractivity contribution < 1.29 is 66.3 Å². The van der Waals surface area contributed by atoms with Gasteiger partial charge in [-0.05, 0) is 75.1 Å². The molecule has 0 spiro atoms. The van der Waals surface area contributed by atoms with E-state index in [2.05, 4.69) is 29.6 Å². The minimum atomic E-state index is -1.65. The third-order valence-corrected chi connectivity index (χ3v) is 10.1. The van der Waals surface area contributed by atoms with Crippen molar-refractivity contribution in [3.8, 4) is 22.6 Å². The fraction of sp³-hybridized carbons (Fsp3) is 0.511. The lowest BCUT2D eigenvalue weighted by Crippen LogP contribution is -2.44. The summed E-state index contributed by atoms with van der Waals surface area (Å²) in [5, 5.41) is 0. The van der Waals surface area contributed by atoms with Crippen molar-refractivity contribution in [2.45, 2.75) is 97.3 Å². The first kappa shape index (κ1) is 47.8. The van der Waals surface area contributed by atoms with E-state index in [1.165, 1.54) is 64.2 Å². The fourth-order valence-electron chi connectivity index (χ4n) is 6.51. The van der Waals surface area contributed by atoms with Crippen LogP contribution in [0.3, 0.4) is 0 Å². The SMILES string of the molecule is C=C(C)C(=O)OCC(COC(=O)CC(=O)OC)(COC(=O)CC(=O)OC)COc1ccc(-c2ccc(C3CCC(CCCCCC)CC3)cc2F)c(OC(=O)C(=C)C)c1. The Morgan fingerprint density at radius 2 is 1.27 bits per heavy atom. The number of halogens is 1. The van der Waals surface area contributed by atoms with Crippen LogP contribution in [0.4, 0.5) is 4.39 Å². The highest BCUT2D eigenvalue weighted by Gasteiger charge is 2.38. The van der Waals surface area contributed by atoms with Gasteiger partial charge in [0.2, 0.25) is 0 Å². The predicted octanol–water partition coefficient (Wildman–Crippen LogP) is 7.92. The summed E-state index contributed by atoms with van der Waals surface area (Å²) < 4.78 is 52.9. The number of ether oxygens (including phenoxy) is 7. The Hall–Kier alpha value is -5.53. The number of carbonyl (C=O) groups excluding carboxylic acids is 6. The number of hydrogen-bond acceptors (Lipinski definition) is 13. The van der Waals surface area contributed by atoms with E-state index in [1.54, 1.807) is 12.1 Å². The Morgan fingerprint density at radius 3 is 1.81 bits per heavy atom. The van der Waals surface area contributed by atoms with Gasteiger partial charge < -0.3 is 33.2 Å². The average molecular weight is 825 g/mol. The maximum atomic E-state index is 16.0. The van der Waals surface area contributed by atoms with E-state index in [0.29, 0.717) is 5.92 Å². The van der Waals surface area contributed by atoms with Gasteiger partial charge in [0.1, 0.15) is 62.0 Å². The van der Waals surface area contributed by atoms with Gasteiger partial charge in [-0.3, -0.25) is 19.2 Å². The molecule has 1 fully saturated rings. The van der Waals surface area contributed by atoms with Crippen molar-refractivity contribution in [3.63, 3.8) is 0 Å². The predicted molar refractivity (Wildman–Crippen MR) is 215 cm³/mol. The smallest absolute Gasteiger partial charge is 0.338 e. The first-order chi connectivity index (χ1) is 28.1. The minimum Gasteiger partial charge on any atom is -0.492 e. The van der Waals surface area contributed by atoms with E-state index in [9.17, 15) is 28.8 Å². The molecule has 0 heterocycles. The third kappa shape index (κ3) is 15.6. The van der Waals surface area contributed by atoms with Crippen LogP contribution in [0.1, 0.15) is 103 Å². The molecule has 0 amide bonds. The molecule has 13 nitrogen and oxygen atoms in total. The molecule has 1 saturated carbocycles. The normalized spacial score (nSPS) is 14.9. The van der Waals surface area contributed by atoms with Crippen LogP contribution in [0, 0.1) is 17.2 Å². The summed E-state index contributed by atoms with van der Waals surface area (Å²) in [7, 11) is 2.17. The second kappa shape index (κ2) is 23.8. The van der Waals surface area contributed by atoms with Crippen molar-refractivity contribution in [1.82, 2.24) is 0 Å². The number of benzene rings is 2. The van der Waals surface area contributed by atoms with Crippen molar-refractivity contribution in [2.24, 2.45) is 11.3 Å².